The van der Waals surface area contributed by atoms with E-state index in [2.05, 4.69) is 46.3 Å². The average molecular weight is 445 g/mol. The molecule has 172 valence electrons. The lowest BCUT2D eigenvalue weighted by molar-refractivity contribution is 0.231. The number of aromatic nitrogens is 2. The molecule has 2 aromatic carbocycles. The van der Waals surface area contributed by atoms with Crippen molar-refractivity contribution in [3.05, 3.63) is 60.2 Å². The van der Waals surface area contributed by atoms with E-state index in [9.17, 15) is 4.79 Å². The fourth-order valence-corrected chi connectivity index (χ4v) is 4.85. The van der Waals surface area contributed by atoms with Gasteiger partial charge in [-0.05, 0) is 49.8 Å². The number of hydrogen-bond donors (Lipinski definition) is 3. The molecule has 2 aliphatic carbocycles. The molecular weight excluding hydrogens is 412 g/mol. The van der Waals surface area contributed by atoms with Crippen molar-refractivity contribution in [1.29, 1.82) is 0 Å². The summed E-state index contributed by atoms with van der Waals surface area (Å²) in [6.45, 7) is 0. The van der Waals surface area contributed by atoms with Gasteiger partial charge in [0.2, 0.25) is 5.95 Å². The Balaban J connectivity index is 1.11. The summed E-state index contributed by atoms with van der Waals surface area (Å²) in [7, 11) is 4.01. The zero-order valence-electron chi connectivity index (χ0n) is 19.3. The molecule has 2 atom stereocenters. The molecule has 2 amide bonds. The molecule has 7 heteroatoms. The van der Waals surface area contributed by atoms with Crippen LogP contribution in [0.1, 0.15) is 43.6 Å². The quantitative estimate of drug-likeness (QED) is 0.529. The molecular formula is C26H32N6O. The average Bonchev–Trinajstić information content (AvgIpc) is 3.59. The Labute approximate surface area is 195 Å². The fourth-order valence-electron chi connectivity index (χ4n) is 4.85. The summed E-state index contributed by atoms with van der Waals surface area (Å²) in [5.74, 6) is 2.04. The van der Waals surface area contributed by atoms with E-state index in [-0.39, 0.29) is 18.1 Å². The highest BCUT2D eigenvalue weighted by Crippen LogP contribution is 2.40. The van der Waals surface area contributed by atoms with Crippen molar-refractivity contribution in [3.63, 3.8) is 0 Å². The smallest absolute Gasteiger partial charge is 0.315 e. The van der Waals surface area contributed by atoms with Crippen LogP contribution >= 0.6 is 0 Å². The number of anilines is 2. The van der Waals surface area contributed by atoms with E-state index in [1.165, 1.54) is 5.56 Å². The van der Waals surface area contributed by atoms with Gasteiger partial charge in [0.1, 0.15) is 5.82 Å². The Morgan fingerprint density at radius 3 is 2.33 bits per heavy atom. The lowest BCUT2D eigenvalue weighted by atomic mass is 9.91. The van der Waals surface area contributed by atoms with E-state index in [0.717, 1.165) is 48.8 Å². The minimum Gasteiger partial charge on any atom is -0.362 e. The fraction of sp³-hybridized carbons (Fsp3) is 0.423. The molecule has 2 aliphatic rings. The molecule has 0 aliphatic heterocycles. The zero-order valence-corrected chi connectivity index (χ0v) is 19.3. The number of carbonyl (C=O) groups is 1. The van der Waals surface area contributed by atoms with E-state index >= 15 is 0 Å². The molecule has 0 radical (unpaired) electrons. The predicted octanol–water partition coefficient (Wildman–Crippen LogP) is 4.27. The first-order valence-corrected chi connectivity index (χ1v) is 11.9. The second kappa shape index (κ2) is 9.25. The van der Waals surface area contributed by atoms with Gasteiger partial charge in [-0.2, -0.15) is 4.98 Å². The SMILES string of the molecule is CN(C)c1nc(N[C@H]2CC[C@@H](NC(=O)NC3C[C@H]3c3ccccc3)CC2)nc2ccccc12. The lowest BCUT2D eigenvalue weighted by Gasteiger charge is -2.30. The van der Waals surface area contributed by atoms with Crippen molar-refractivity contribution in [2.75, 3.05) is 24.3 Å². The number of para-hydroxylation sites is 1. The standard InChI is InChI=1S/C26H32N6O/c1-32(2)24-20-10-6-7-11-22(20)29-25(31-24)27-18-12-14-19(15-13-18)28-26(33)30-23-16-21(23)17-8-4-3-5-9-17/h3-11,18-19,21,23H,12-16H2,1-2H3,(H,27,29,31)(H2,28,30,33)/t18-,19+,21-,23?/m0/s1. The maximum atomic E-state index is 12.5. The first-order chi connectivity index (χ1) is 16.1. The van der Waals surface area contributed by atoms with Crippen LogP contribution in [-0.4, -0.2) is 48.2 Å². The van der Waals surface area contributed by atoms with Crippen LogP contribution < -0.4 is 20.9 Å². The van der Waals surface area contributed by atoms with Gasteiger partial charge >= 0.3 is 6.03 Å². The van der Waals surface area contributed by atoms with E-state index in [0.29, 0.717) is 17.9 Å². The first kappa shape index (κ1) is 21.5. The molecule has 3 N–H and O–H groups in total. The summed E-state index contributed by atoms with van der Waals surface area (Å²) in [5, 5.41) is 10.9. The van der Waals surface area contributed by atoms with Gasteiger partial charge in [-0.25, -0.2) is 9.78 Å². The molecule has 0 spiro atoms. The highest BCUT2D eigenvalue weighted by atomic mass is 16.2. The summed E-state index contributed by atoms with van der Waals surface area (Å²) in [5.41, 5.74) is 2.25. The highest BCUT2D eigenvalue weighted by molar-refractivity contribution is 5.90. The Kier molecular flexibility index (Phi) is 6.03. The molecule has 33 heavy (non-hydrogen) atoms. The number of fused-ring (bicyclic) bond motifs is 1. The number of urea groups is 1. The third-order valence-corrected chi connectivity index (χ3v) is 6.74. The highest BCUT2D eigenvalue weighted by Gasteiger charge is 2.39. The molecule has 3 aromatic rings. The Hall–Kier alpha value is -3.35. The van der Waals surface area contributed by atoms with Gasteiger partial charge in [-0.1, -0.05) is 42.5 Å². The number of hydrogen-bond acceptors (Lipinski definition) is 5. The normalized spacial score (nSPS) is 24.2. The van der Waals surface area contributed by atoms with Crippen LogP contribution in [0.3, 0.4) is 0 Å². The Morgan fingerprint density at radius 1 is 0.879 bits per heavy atom. The molecule has 2 saturated carbocycles. The van der Waals surface area contributed by atoms with Gasteiger partial charge in [-0.3, -0.25) is 0 Å². The predicted molar refractivity (Wildman–Crippen MR) is 133 cm³/mol. The van der Waals surface area contributed by atoms with Crippen molar-refractivity contribution in [2.24, 2.45) is 0 Å². The van der Waals surface area contributed by atoms with Crippen molar-refractivity contribution in [3.8, 4) is 0 Å². The third kappa shape index (κ3) is 5.02. The van der Waals surface area contributed by atoms with Crippen LogP contribution in [0.25, 0.3) is 10.9 Å². The molecule has 1 heterocycles. The summed E-state index contributed by atoms with van der Waals surface area (Å²) >= 11 is 0. The van der Waals surface area contributed by atoms with Crippen LogP contribution in [0, 0.1) is 0 Å². The molecule has 5 rings (SSSR count). The largest absolute Gasteiger partial charge is 0.362 e. The van der Waals surface area contributed by atoms with Crippen LogP contribution in [0.5, 0.6) is 0 Å². The van der Waals surface area contributed by atoms with Gasteiger partial charge in [-0.15, -0.1) is 0 Å². The van der Waals surface area contributed by atoms with Crippen LogP contribution in [0.4, 0.5) is 16.6 Å². The zero-order chi connectivity index (χ0) is 22.8. The summed E-state index contributed by atoms with van der Waals surface area (Å²) in [6, 6.07) is 19.3. The van der Waals surface area contributed by atoms with Gasteiger partial charge in [0.25, 0.3) is 0 Å². The van der Waals surface area contributed by atoms with Gasteiger partial charge in [0, 0.05) is 43.5 Å². The Morgan fingerprint density at radius 2 is 1.58 bits per heavy atom. The number of nitrogens with one attached hydrogen (secondary N) is 3. The van der Waals surface area contributed by atoms with Crippen molar-refractivity contribution >= 4 is 28.7 Å². The van der Waals surface area contributed by atoms with Gasteiger partial charge in [0.15, 0.2) is 0 Å². The third-order valence-electron chi connectivity index (χ3n) is 6.74. The number of benzene rings is 2. The van der Waals surface area contributed by atoms with Crippen LogP contribution in [-0.2, 0) is 0 Å². The summed E-state index contributed by atoms with van der Waals surface area (Å²) in [4.78, 5) is 24.0. The van der Waals surface area contributed by atoms with Crippen molar-refractivity contribution in [2.45, 2.75) is 56.1 Å². The number of nitrogens with zero attached hydrogens (tertiary/aromatic N) is 3. The number of amides is 2. The maximum Gasteiger partial charge on any atom is 0.315 e. The molecule has 0 bridgehead atoms. The molecule has 1 aromatic heterocycles. The summed E-state index contributed by atoms with van der Waals surface area (Å²) < 4.78 is 0. The van der Waals surface area contributed by atoms with Crippen LogP contribution in [0.2, 0.25) is 0 Å². The van der Waals surface area contributed by atoms with Gasteiger partial charge < -0.3 is 20.9 Å². The van der Waals surface area contributed by atoms with Crippen LogP contribution in [0.15, 0.2) is 54.6 Å². The van der Waals surface area contributed by atoms with E-state index < -0.39 is 0 Å². The van der Waals surface area contributed by atoms with Gasteiger partial charge in [0.05, 0.1) is 5.52 Å². The van der Waals surface area contributed by atoms with E-state index in [4.69, 9.17) is 9.97 Å². The molecule has 1 unspecified atom stereocenters. The topological polar surface area (TPSA) is 82.2 Å². The minimum atomic E-state index is -0.0386. The van der Waals surface area contributed by atoms with E-state index in [1.54, 1.807) is 0 Å². The van der Waals surface area contributed by atoms with E-state index in [1.807, 2.05) is 43.3 Å². The Bertz CT molecular complexity index is 1110. The van der Waals surface area contributed by atoms with Crippen molar-refractivity contribution in [1.82, 2.24) is 20.6 Å². The molecule has 7 nitrogen and oxygen atoms in total. The minimum absolute atomic E-state index is 0.0386. The monoisotopic (exact) mass is 444 g/mol. The second-order valence-corrected chi connectivity index (χ2v) is 9.45. The number of rotatable bonds is 6. The van der Waals surface area contributed by atoms with Crippen molar-refractivity contribution < 1.29 is 4.79 Å². The second-order valence-electron chi connectivity index (χ2n) is 9.45. The first-order valence-electron chi connectivity index (χ1n) is 11.9. The molecule has 2 fully saturated rings. The lowest BCUT2D eigenvalue weighted by Crippen LogP contribution is -2.45. The maximum absolute atomic E-state index is 12.5. The summed E-state index contributed by atoms with van der Waals surface area (Å²) in [6.07, 6.45) is 4.88. The molecule has 0 saturated heterocycles. The number of carbonyl (C=O) groups excluding carboxylic acids is 1.